The lowest BCUT2D eigenvalue weighted by Gasteiger charge is -2.19. The Kier molecular flexibility index (Phi) is 4.93. The monoisotopic (exact) mass is 328 g/mol. The number of halogens is 2. The Morgan fingerprint density at radius 2 is 2.26 bits per heavy atom. The van der Waals surface area contributed by atoms with Crippen molar-refractivity contribution in [1.29, 1.82) is 0 Å². The van der Waals surface area contributed by atoms with E-state index in [1.807, 2.05) is 0 Å². The van der Waals surface area contributed by atoms with E-state index in [2.05, 4.69) is 33.1 Å². The van der Waals surface area contributed by atoms with E-state index in [0.29, 0.717) is 18.2 Å². The maximum absolute atomic E-state index is 13.3. The zero-order chi connectivity index (χ0) is 13.8. The molecule has 5 heteroatoms. The summed E-state index contributed by atoms with van der Waals surface area (Å²) in [6.07, 6.45) is 2.52. The van der Waals surface area contributed by atoms with Gasteiger partial charge in [-0.25, -0.2) is 4.39 Å². The highest BCUT2D eigenvalue weighted by Crippen LogP contribution is 2.26. The van der Waals surface area contributed by atoms with Gasteiger partial charge in [0.1, 0.15) is 5.82 Å². The van der Waals surface area contributed by atoms with Crippen LogP contribution in [0, 0.1) is 5.82 Å². The van der Waals surface area contributed by atoms with Crippen molar-refractivity contribution >= 4 is 21.8 Å². The molecule has 1 fully saturated rings. The van der Waals surface area contributed by atoms with E-state index in [9.17, 15) is 9.18 Å². The lowest BCUT2D eigenvalue weighted by atomic mass is 10.2. The third kappa shape index (κ3) is 3.76. The molecule has 19 heavy (non-hydrogen) atoms. The van der Waals surface area contributed by atoms with Gasteiger partial charge in [0.05, 0.1) is 10.0 Å². The molecular weight excluding hydrogens is 311 g/mol. The summed E-state index contributed by atoms with van der Waals surface area (Å²) in [6, 6.07) is 5.17. The second-order valence-electron chi connectivity index (χ2n) is 4.72. The van der Waals surface area contributed by atoms with Crippen LogP contribution in [0.3, 0.4) is 0 Å². The van der Waals surface area contributed by atoms with Crippen molar-refractivity contribution in [3.63, 3.8) is 0 Å². The highest BCUT2D eigenvalue weighted by Gasteiger charge is 2.27. The van der Waals surface area contributed by atoms with E-state index in [-0.39, 0.29) is 10.4 Å². The molecule has 0 atom stereocenters. The highest BCUT2D eigenvalue weighted by molar-refractivity contribution is 9.10. The van der Waals surface area contributed by atoms with Crippen molar-refractivity contribution in [3.8, 4) is 0 Å². The number of carbonyl (C=O) groups is 1. The van der Waals surface area contributed by atoms with Gasteiger partial charge in [-0.15, -0.1) is 0 Å². The molecule has 0 radical (unpaired) electrons. The average molecular weight is 329 g/mol. The molecule has 1 aliphatic carbocycles. The normalized spacial score (nSPS) is 14.7. The first kappa shape index (κ1) is 14.5. The Labute approximate surface area is 121 Å². The number of likely N-dealkylation sites (N-methyl/N-ethyl adjacent to an activating group) is 1. The molecule has 104 valence electrons. The van der Waals surface area contributed by atoms with Gasteiger partial charge >= 0.3 is 0 Å². The van der Waals surface area contributed by atoms with Gasteiger partial charge in [-0.05, 0) is 47.4 Å². The van der Waals surface area contributed by atoms with Crippen LogP contribution >= 0.6 is 15.9 Å². The Morgan fingerprint density at radius 1 is 1.53 bits per heavy atom. The molecule has 2 rings (SSSR count). The average Bonchev–Trinajstić information content (AvgIpc) is 3.22. The SMILES string of the molecule is CCN(CCNC(=O)c1cccc(F)c1Br)C1CC1. The number of amides is 1. The Hall–Kier alpha value is -0.940. The van der Waals surface area contributed by atoms with Crippen molar-refractivity contribution in [2.45, 2.75) is 25.8 Å². The summed E-state index contributed by atoms with van der Waals surface area (Å²) in [5.74, 6) is -0.654. The fourth-order valence-electron chi connectivity index (χ4n) is 2.13. The second-order valence-corrected chi connectivity index (χ2v) is 5.51. The van der Waals surface area contributed by atoms with Gasteiger partial charge < -0.3 is 5.32 Å². The number of hydrogen-bond acceptors (Lipinski definition) is 2. The molecule has 0 heterocycles. The van der Waals surface area contributed by atoms with Crippen LogP contribution in [0.1, 0.15) is 30.1 Å². The van der Waals surface area contributed by atoms with E-state index < -0.39 is 5.82 Å². The van der Waals surface area contributed by atoms with Crippen LogP contribution in [-0.2, 0) is 0 Å². The topological polar surface area (TPSA) is 32.3 Å². The fourth-order valence-corrected chi connectivity index (χ4v) is 2.57. The lowest BCUT2D eigenvalue weighted by Crippen LogP contribution is -2.36. The smallest absolute Gasteiger partial charge is 0.252 e. The largest absolute Gasteiger partial charge is 0.351 e. The molecule has 1 aromatic rings. The minimum absolute atomic E-state index is 0.224. The first-order valence-corrected chi connectivity index (χ1v) is 7.39. The Balaban J connectivity index is 1.85. The van der Waals surface area contributed by atoms with Gasteiger partial charge in [0, 0.05) is 19.1 Å². The fraction of sp³-hybridized carbons (Fsp3) is 0.500. The summed E-state index contributed by atoms with van der Waals surface area (Å²) in [5.41, 5.74) is 0.342. The maximum Gasteiger partial charge on any atom is 0.252 e. The van der Waals surface area contributed by atoms with Crippen LogP contribution in [0.15, 0.2) is 22.7 Å². The number of rotatable bonds is 6. The number of nitrogens with zero attached hydrogens (tertiary/aromatic N) is 1. The van der Waals surface area contributed by atoms with Crippen LogP contribution in [0.2, 0.25) is 0 Å². The minimum atomic E-state index is -0.416. The van der Waals surface area contributed by atoms with E-state index in [1.165, 1.54) is 25.0 Å². The minimum Gasteiger partial charge on any atom is -0.351 e. The zero-order valence-electron chi connectivity index (χ0n) is 11.0. The van der Waals surface area contributed by atoms with Crippen LogP contribution in [0.4, 0.5) is 4.39 Å². The lowest BCUT2D eigenvalue weighted by molar-refractivity contribution is 0.0946. The summed E-state index contributed by atoms with van der Waals surface area (Å²) in [5, 5.41) is 2.84. The summed E-state index contributed by atoms with van der Waals surface area (Å²) in [4.78, 5) is 14.3. The molecule has 0 spiro atoms. The third-order valence-electron chi connectivity index (χ3n) is 3.35. The molecule has 1 aliphatic rings. The Bertz CT molecular complexity index is 463. The summed E-state index contributed by atoms with van der Waals surface area (Å²) in [6.45, 7) is 4.57. The number of benzene rings is 1. The van der Waals surface area contributed by atoms with Gasteiger partial charge in [0.2, 0.25) is 0 Å². The molecule has 0 bridgehead atoms. The quantitative estimate of drug-likeness (QED) is 0.870. The van der Waals surface area contributed by atoms with E-state index >= 15 is 0 Å². The molecule has 1 amide bonds. The standard InChI is InChI=1S/C14H18BrFN2O/c1-2-18(10-6-7-10)9-8-17-14(19)11-4-3-5-12(16)13(11)15/h3-5,10H,2,6-9H2,1H3,(H,17,19). The molecule has 1 aromatic carbocycles. The van der Waals surface area contributed by atoms with Crippen LogP contribution in [0.5, 0.6) is 0 Å². The second kappa shape index (κ2) is 6.48. The third-order valence-corrected chi connectivity index (χ3v) is 4.16. The van der Waals surface area contributed by atoms with Crippen molar-refractivity contribution in [3.05, 3.63) is 34.1 Å². The molecule has 0 saturated heterocycles. The molecule has 0 aromatic heterocycles. The summed E-state index contributed by atoms with van der Waals surface area (Å²) >= 11 is 3.10. The highest BCUT2D eigenvalue weighted by atomic mass is 79.9. The number of nitrogens with one attached hydrogen (secondary N) is 1. The summed E-state index contributed by atoms with van der Waals surface area (Å²) in [7, 11) is 0. The molecule has 0 unspecified atom stereocenters. The number of carbonyl (C=O) groups excluding carboxylic acids is 1. The van der Waals surface area contributed by atoms with Crippen molar-refractivity contribution in [2.75, 3.05) is 19.6 Å². The zero-order valence-corrected chi connectivity index (χ0v) is 12.5. The maximum atomic E-state index is 13.3. The first-order chi connectivity index (χ1) is 9.13. The van der Waals surface area contributed by atoms with E-state index in [4.69, 9.17) is 0 Å². The summed E-state index contributed by atoms with van der Waals surface area (Å²) < 4.78 is 13.5. The van der Waals surface area contributed by atoms with Crippen LogP contribution in [-0.4, -0.2) is 36.5 Å². The van der Waals surface area contributed by atoms with Gasteiger partial charge in [-0.1, -0.05) is 13.0 Å². The molecular formula is C14H18BrFN2O. The van der Waals surface area contributed by atoms with Gasteiger partial charge in [0.15, 0.2) is 0 Å². The molecule has 1 saturated carbocycles. The van der Waals surface area contributed by atoms with Crippen molar-refractivity contribution in [1.82, 2.24) is 10.2 Å². The van der Waals surface area contributed by atoms with E-state index in [0.717, 1.165) is 13.1 Å². The van der Waals surface area contributed by atoms with Crippen molar-refractivity contribution in [2.24, 2.45) is 0 Å². The molecule has 1 N–H and O–H groups in total. The molecule has 3 nitrogen and oxygen atoms in total. The van der Waals surface area contributed by atoms with Crippen LogP contribution in [0.25, 0.3) is 0 Å². The number of hydrogen-bond donors (Lipinski definition) is 1. The Morgan fingerprint density at radius 3 is 2.89 bits per heavy atom. The van der Waals surface area contributed by atoms with Gasteiger partial charge in [-0.3, -0.25) is 9.69 Å². The van der Waals surface area contributed by atoms with Crippen LogP contribution < -0.4 is 5.32 Å². The van der Waals surface area contributed by atoms with Gasteiger partial charge in [-0.2, -0.15) is 0 Å². The predicted molar refractivity (Wildman–Crippen MR) is 76.7 cm³/mol. The molecule has 0 aliphatic heterocycles. The predicted octanol–water partition coefficient (Wildman–Crippen LogP) is 2.80. The van der Waals surface area contributed by atoms with Crippen molar-refractivity contribution < 1.29 is 9.18 Å². The van der Waals surface area contributed by atoms with Gasteiger partial charge in [0.25, 0.3) is 5.91 Å². The van der Waals surface area contributed by atoms with E-state index in [1.54, 1.807) is 6.07 Å². The first-order valence-electron chi connectivity index (χ1n) is 6.59.